The molecule has 0 fully saturated rings. The Morgan fingerprint density at radius 1 is 0.407 bits per heavy atom. The van der Waals surface area contributed by atoms with Crippen LogP contribution in [0.25, 0.3) is 74.4 Å². The summed E-state index contributed by atoms with van der Waals surface area (Å²) in [5.41, 5.74) is 9.24. The summed E-state index contributed by atoms with van der Waals surface area (Å²) in [7, 11) is 0. The van der Waals surface area contributed by atoms with Crippen molar-refractivity contribution in [3.8, 4) is 0 Å². The predicted molar refractivity (Wildman–Crippen MR) is 252 cm³/mol. The number of rotatable bonds is 7. The maximum absolute atomic E-state index is 6.32. The van der Waals surface area contributed by atoms with Gasteiger partial charge in [-0.25, -0.2) is 0 Å². The van der Waals surface area contributed by atoms with E-state index in [1.54, 1.807) is 0 Å². The molecule has 0 saturated heterocycles. The van der Waals surface area contributed by atoms with Crippen LogP contribution in [-0.2, 0) is 6.42 Å². The average molecular weight is 772 g/mol. The first-order chi connectivity index (χ1) is 29.2. The number of fused-ring (bicyclic) bond motifs is 10. The van der Waals surface area contributed by atoms with Gasteiger partial charge in [-0.1, -0.05) is 133 Å². The lowest BCUT2D eigenvalue weighted by Crippen LogP contribution is -2.10. The molecule has 1 atom stereocenters. The lowest BCUT2D eigenvalue weighted by atomic mass is 9.81. The predicted octanol–water partition coefficient (Wildman–Crippen LogP) is 16.3. The smallest absolute Gasteiger partial charge is 0.135 e. The minimum Gasteiger partial charge on any atom is -0.456 e. The van der Waals surface area contributed by atoms with Crippen LogP contribution in [0.5, 0.6) is 0 Å². The van der Waals surface area contributed by atoms with Gasteiger partial charge < -0.3 is 9.32 Å². The van der Waals surface area contributed by atoms with E-state index in [4.69, 9.17) is 4.42 Å². The summed E-state index contributed by atoms with van der Waals surface area (Å²) in [4.78, 5) is 2.41. The maximum atomic E-state index is 6.32. The van der Waals surface area contributed by atoms with Gasteiger partial charge in [0.15, 0.2) is 0 Å². The zero-order valence-electron chi connectivity index (χ0n) is 32.2. The lowest BCUT2D eigenvalue weighted by Gasteiger charge is -2.27. The van der Waals surface area contributed by atoms with Crippen molar-refractivity contribution in [3.05, 3.63) is 223 Å². The minimum absolute atomic E-state index is 0.0976. The molecule has 2 aromatic heterocycles. The van der Waals surface area contributed by atoms with E-state index in [0.717, 1.165) is 39.7 Å². The summed E-state index contributed by atoms with van der Waals surface area (Å²) in [6, 6.07) is 75.6. The normalized spacial score (nSPS) is 12.4. The number of para-hydroxylation sites is 2. The first-order valence-electron chi connectivity index (χ1n) is 20.3. The maximum Gasteiger partial charge on any atom is 0.135 e. The van der Waals surface area contributed by atoms with Crippen molar-refractivity contribution in [1.29, 1.82) is 0 Å². The summed E-state index contributed by atoms with van der Waals surface area (Å²) in [5.74, 6) is 0.0976. The first-order valence-corrected chi connectivity index (χ1v) is 21.1. The summed E-state index contributed by atoms with van der Waals surface area (Å²) in [6.45, 7) is 0. The molecule has 0 amide bonds. The number of hydrogen-bond acceptors (Lipinski definition) is 3. The van der Waals surface area contributed by atoms with Gasteiger partial charge >= 0.3 is 0 Å². The Labute approximate surface area is 345 Å². The Kier molecular flexibility index (Phi) is 7.89. The van der Waals surface area contributed by atoms with Gasteiger partial charge in [-0.3, -0.25) is 0 Å². The fourth-order valence-electron chi connectivity index (χ4n) is 9.46. The molecule has 0 aliphatic carbocycles. The molecule has 12 aromatic rings. The van der Waals surface area contributed by atoms with Crippen LogP contribution in [-0.4, -0.2) is 0 Å². The van der Waals surface area contributed by atoms with Crippen molar-refractivity contribution in [3.63, 3.8) is 0 Å². The van der Waals surface area contributed by atoms with Gasteiger partial charge in [0.25, 0.3) is 0 Å². The Bertz CT molecular complexity index is 3560. The van der Waals surface area contributed by atoms with E-state index in [-0.39, 0.29) is 5.92 Å². The number of nitrogens with zero attached hydrogens (tertiary/aromatic N) is 1. The molecule has 0 spiro atoms. The highest BCUT2D eigenvalue weighted by molar-refractivity contribution is 7.25. The second-order valence-corrected chi connectivity index (χ2v) is 16.7. The van der Waals surface area contributed by atoms with Crippen LogP contribution in [0, 0.1) is 0 Å². The molecular weight excluding hydrogens is 735 g/mol. The Morgan fingerprint density at radius 3 is 1.93 bits per heavy atom. The number of furan rings is 1. The Morgan fingerprint density at radius 2 is 1.07 bits per heavy atom. The molecule has 0 aliphatic rings. The van der Waals surface area contributed by atoms with Gasteiger partial charge in [0.2, 0.25) is 0 Å². The zero-order valence-corrected chi connectivity index (χ0v) is 33.0. The fraction of sp³-hybridized carbons (Fsp3) is 0.0357. The van der Waals surface area contributed by atoms with Gasteiger partial charge in [0.1, 0.15) is 11.2 Å². The second kappa shape index (κ2) is 13.7. The van der Waals surface area contributed by atoms with E-state index in [2.05, 4.69) is 205 Å². The number of anilines is 3. The van der Waals surface area contributed by atoms with Crippen LogP contribution in [0.1, 0.15) is 22.6 Å². The molecule has 0 N–H and O–H groups in total. The van der Waals surface area contributed by atoms with E-state index >= 15 is 0 Å². The first kappa shape index (κ1) is 33.9. The molecule has 0 saturated carbocycles. The van der Waals surface area contributed by atoms with Crippen LogP contribution < -0.4 is 4.90 Å². The second-order valence-electron chi connectivity index (χ2n) is 15.6. The zero-order chi connectivity index (χ0) is 38.9. The van der Waals surface area contributed by atoms with Crippen molar-refractivity contribution in [2.75, 3.05) is 4.90 Å². The van der Waals surface area contributed by atoms with Gasteiger partial charge in [0, 0.05) is 53.6 Å². The largest absolute Gasteiger partial charge is 0.456 e. The fourth-order valence-corrected chi connectivity index (χ4v) is 10.5. The Balaban J connectivity index is 1.03. The van der Waals surface area contributed by atoms with Crippen LogP contribution in [0.3, 0.4) is 0 Å². The SMILES string of the molecule is c1ccc(N(c2ccc3sc4ccc(CC(c5ccc6oc7ccccc7c6c5)c5cc6ccccc6c6ccccc56)cc4c3c2)c2cccc3ccccc23)cc1. The highest BCUT2D eigenvalue weighted by Crippen LogP contribution is 2.44. The standard InChI is InChI=1S/C56H37NOS/c1-2-16-40(17-3-1)57(52-23-12-15-37-13-4-7-19-43(37)52)41-27-30-56-51(35-41)50-32-36(25-29-55(50)59-56)31-47(39-26-28-54-49(34-39)46-22-10-11-24-53(46)58-54)48-33-38-14-5-6-18-42(38)44-20-8-9-21-45(44)48/h1-30,32-35,47H,31H2. The molecule has 2 heterocycles. The molecule has 2 nitrogen and oxygen atoms in total. The molecule has 59 heavy (non-hydrogen) atoms. The van der Waals surface area contributed by atoms with E-state index in [1.165, 1.54) is 74.9 Å². The van der Waals surface area contributed by atoms with E-state index in [9.17, 15) is 0 Å². The molecule has 0 bridgehead atoms. The summed E-state index contributed by atoms with van der Waals surface area (Å²) < 4.78 is 8.92. The molecule has 12 rings (SSSR count). The molecular formula is C56H37NOS. The van der Waals surface area contributed by atoms with Crippen molar-refractivity contribution in [1.82, 2.24) is 0 Å². The molecule has 278 valence electrons. The highest BCUT2D eigenvalue weighted by atomic mass is 32.1. The summed E-state index contributed by atoms with van der Waals surface area (Å²) in [5, 5.41) is 12.5. The van der Waals surface area contributed by atoms with Crippen molar-refractivity contribution >= 4 is 103 Å². The third-order valence-corrected chi connectivity index (χ3v) is 13.4. The van der Waals surface area contributed by atoms with Crippen LogP contribution in [0.2, 0.25) is 0 Å². The lowest BCUT2D eigenvalue weighted by molar-refractivity contribution is 0.668. The monoisotopic (exact) mass is 771 g/mol. The molecule has 1 unspecified atom stereocenters. The van der Waals surface area contributed by atoms with E-state index < -0.39 is 0 Å². The minimum atomic E-state index is 0.0976. The third kappa shape index (κ3) is 5.69. The summed E-state index contributed by atoms with van der Waals surface area (Å²) >= 11 is 1.87. The van der Waals surface area contributed by atoms with Gasteiger partial charge in [-0.15, -0.1) is 11.3 Å². The van der Waals surface area contributed by atoms with E-state index in [1.807, 2.05) is 17.4 Å². The molecule has 10 aromatic carbocycles. The van der Waals surface area contributed by atoms with Gasteiger partial charge in [-0.05, 0) is 123 Å². The molecule has 3 heteroatoms. The Hall–Kier alpha value is -7.20. The van der Waals surface area contributed by atoms with Crippen LogP contribution in [0.15, 0.2) is 211 Å². The van der Waals surface area contributed by atoms with Gasteiger partial charge in [-0.2, -0.15) is 0 Å². The van der Waals surface area contributed by atoms with Crippen molar-refractivity contribution in [2.45, 2.75) is 12.3 Å². The third-order valence-electron chi connectivity index (χ3n) is 12.2. The number of thiophene rings is 1. The molecule has 0 aliphatic heterocycles. The number of hydrogen-bond donors (Lipinski definition) is 0. The van der Waals surface area contributed by atoms with E-state index in [0.29, 0.717) is 0 Å². The quantitative estimate of drug-likeness (QED) is 0.150. The topological polar surface area (TPSA) is 16.4 Å². The number of benzene rings is 10. The van der Waals surface area contributed by atoms with Crippen LogP contribution >= 0.6 is 11.3 Å². The highest BCUT2D eigenvalue weighted by Gasteiger charge is 2.22. The van der Waals surface area contributed by atoms with Crippen molar-refractivity contribution < 1.29 is 4.42 Å². The van der Waals surface area contributed by atoms with Crippen molar-refractivity contribution in [2.24, 2.45) is 0 Å². The summed E-state index contributed by atoms with van der Waals surface area (Å²) in [6.07, 6.45) is 0.850. The van der Waals surface area contributed by atoms with Gasteiger partial charge in [0.05, 0.1) is 5.69 Å². The average Bonchev–Trinajstić information content (AvgIpc) is 3.86. The molecule has 0 radical (unpaired) electrons. The van der Waals surface area contributed by atoms with Crippen LogP contribution in [0.4, 0.5) is 17.1 Å².